The van der Waals surface area contributed by atoms with E-state index in [4.69, 9.17) is 0 Å². The molecule has 2 bridgehead atoms. The molecule has 2 N–H and O–H groups in total. The number of hydrogen-bond acceptors (Lipinski definition) is 4. The Morgan fingerprint density at radius 1 is 1.09 bits per heavy atom. The van der Waals surface area contributed by atoms with Crippen LogP contribution in [0.1, 0.15) is 36.4 Å². The van der Waals surface area contributed by atoms with Gasteiger partial charge in [0.2, 0.25) is 11.8 Å². The number of nitrogens with one attached hydrogen (secondary N) is 2. The first kappa shape index (κ1) is 20.1. The Morgan fingerprint density at radius 2 is 1.82 bits per heavy atom. The fourth-order valence-corrected chi connectivity index (χ4v) is 5.91. The zero-order valence-electron chi connectivity index (χ0n) is 17.8. The molecule has 2 aliphatic heterocycles. The van der Waals surface area contributed by atoms with E-state index in [1.807, 2.05) is 48.7 Å². The summed E-state index contributed by atoms with van der Waals surface area (Å²) in [5.41, 5.74) is 2.72. The van der Waals surface area contributed by atoms with E-state index < -0.39 is 5.41 Å². The zero-order chi connectivity index (χ0) is 22.7. The molecule has 0 spiro atoms. The highest BCUT2D eigenvalue weighted by molar-refractivity contribution is 7.14. The van der Waals surface area contributed by atoms with Crippen molar-refractivity contribution in [3.8, 4) is 11.3 Å². The van der Waals surface area contributed by atoms with Crippen LogP contribution >= 0.6 is 11.3 Å². The molecule has 7 heteroatoms. The summed E-state index contributed by atoms with van der Waals surface area (Å²) in [6.45, 7) is 1.90. The molecular formula is C26H20FN3O2S. The van der Waals surface area contributed by atoms with Gasteiger partial charge in [-0.1, -0.05) is 48.5 Å². The van der Waals surface area contributed by atoms with Gasteiger partial charge in [-0.05, 0) is 42.0 Å². The van der Waals surface area contributed by atoms with Crippen molar-refractivity contribution in [1.29, 1.82) is 0 Å². The van der Waals surface area contributed by atoms with Gasteiger partial charge in [-0.3, -0.25) is 9.59 Å². The summed E-state index contributed by atoms with van der Waals surface area (Å²) in [5.74, 6) is -0.805. The van der Waals surface area contributed by atoms with Gasteiger partial charge < -0.3 is 10.6 Å². The number of thiazole rings is 1. The molecule has 2 amide bonds. The van der Waals surface area contributed by atoms with Crippen LogP contribution in [0.2, 0.25) is 0 Å². The second-order valence-electron chi connectivity index (χ2n) is 8.88. The molecule has 3 aliphatic rings. The lowest BCUT2D eigenvalue weighted by Gasteiger charge is -2.49. The van der Waals surface area contributed by atoms with Crippen LogP contribution in [0.15, 0.2) is 66.0 Å². The molecule has 4 aromatic rings. The van der Waals surface area contributed by atoms with E-state index in [2.05, 4.69) is 15.6 Å². The first-order valence-corrected chi connectivity index (χ1v) is 11.7. The Hall–Kier alpha value is -3.58. The highest BCUT2D eigenvalue weighted by Crippen LogP contribution is 2.53. The smallest absolute Gasteiger partial charge is 0.234 e. The standard InChI is InChI=1S/C26H20FN3O2S/c1-26(12-19-15-7-3-5-9-18(15)22(26)29-23(19)31)24(32)30-25-28-21(13-33-25)17-10-11-20(27)16-8-4-2-6-14(16)17/h2-11,13,19,22H,12H2,1H3,(H,29,31)(H,28,30,32)/t19-,22?,26+/m0/s1. The van der Waals surface area contributed by atoms with Gasteiger partial charge in [0.25, 0.3) is 0 Å². The second kappa shape index (κ2) is 7.22. The lowest BCUT2D eigenvalue weighted by atomic mass is 9.61. The minimum Gasteiger partial charge on any atom is -0.348 e. The number of benzene rings is 3. The van der Waals surface area contributed by atoms with E-state index in [9.17, 15) is 14.0 Å². The predicted molar refractivity (Wildman–Crippen MR) is 126 cm³/mol. The molecular weight excluding hydrogens is 437 g/mol. The van der Waals surface area contributed by atoms with Gasteiger partial charge in [0.15, 0.2) is 5.13 Å². The first-order valence-electron chi connectivity index (χ1n) is 10.8. The maximum absolute atomic E-state index is 14.2. The van der Waals surface area contributed by atoms with Crippen molar-refractivity contribution < 1.29 is 14.0 Å². The lowest BCUT2D eigenvalue weighted by molar-refractivity contribution is -0.137. The van der Waals surface area contributed by atoms with Crippen LogP contribution in [0, 0.1) is 11.2 Å². The van der Waals surface area contributed by atoms with Gasteiger partial charge in [-0.25, -0.2) is 9.37 Å². The Labute approximate surface area is 193 Å². The molecule has 3 atom stereocenters. The molecule has 1 aromatic heterocycles. The summed E-state index contributed by atoms with van der Waals surface area (Å²) >= 11 is 1.33. The van der Waals surface area contributed by atoms with Crippen molar-refractivity contribution in [3.63, 3.8) is 0 Å². The fraction of sp³-hybridized carbons (Fsp3) is 0.192. The summed E-state index contributed by atoms with van der Waals surface area (Å²) in [4.78, 5) is 30.6. The van der Waals surface area contributed by atoms with Gasteiger partial charge in [0.1, 0.15) is 5.82 Å². The number of aromatic nitrogens is 1. The van der Waals surface area contributed by atoms with Crippen LogP contribution in [-0.2, 0) is 9.59 Å². The SMILES string of the molecule is C[C@@]1(C(=O)Nc2nc(-c3ccc(F)c4ccccc34)cs2)C[C@@H]2C(=O)NC1c1ccccc12. The molecule has 5 nitrogen and oxygen atoms in total. The molecule has 0 saturated carbocycles. The molecule has 3 heterocycles. The number of piperidine rings is 1. The molecule has 0 radical (unpaired) electrons. The molecule has 7 rings (SSSR count). The van der Waals surface area contributed by atoms with Crippen LogP contribution in [0.3, 0.4) is 0 Å². The first-order chi connectivity index (χ1) is 16.0. The van der Waals surface area contributed by atoms with Crippen molar-refractivity contribution in [3.05, 3.63) is 83.0 Å². The molecule has 1 aliphatic carbocycles. The summed E-state index contributed by atoms with van der Waals surface area (Å²) in [6.07, 6.45) is 0.452. The van der Waals surface area contributed by atoms with Crippen LogP contribution in [0.5, 0.6) is 0 Å². The predicted octanol–water partition coefficient (Wildman–Crippen LogP) is 5.41. The summed E-state index contributed by atoms with van der Waals surface area (Å²) in [7, 11) is 0. The fourth-order valence-electron chi connectivity index (χ4n) is 5.20. The van der Waals surface area contributed by atoms with Crippen LogP contribution in [0.25, 0.3) is 22.0 Å². The molecule has 1 unspecified atom stereocenters. The number of hydrogen-bond donors (Lipinski definition) is 2. The third-order valence-corrected chi connectivity index (χ3v) is 7.70. The van der Waals surface area contributed by atoms with Crippen LogP contribution in [0.4, 0.5) is 9.52 Å². The average molecular weight is 458 g/mol. The van der Waals surface area contributed by atoms with Gasteiger partial charge in [-0.2, -0.15) is 0 Å². The van der Waals surface area contributed by atoms with Crippen LogP contribution in [-0.4, -0.2) is 16.8 Å². The van der Waals surface area contributed by atoms with Gasteiger partial charge >= 0.3 is 0 Å². The summed E-state index contributed by atoms with van der Waals surface area (Å²) in [6, 6.07) is 17.9. The molecule has 164 valence electrons. The largest absolute Gasteiger partial charge is 0.348 e. The van der Waals surface area contributed by atoms with E-state index in [0.29, 0.717) is 22.6 Å². The maximum atomic E-state index is 14.2. The van der Waals surface area contributed by atoms with E-state index >= 15 is 0 Å². The monoisotopic (exact) mass is 457 g/mol. The van der Waals surface area contributed by atoms with Gasteiger partial charge in [-0.15, -0.1) is 11.3 Å². The van der Waals surface area contributed by atoms with Crippen molar-refractivity contribution in [2.75, 3.05) is 5.32 Å². The number of anilines is 1. The van der Waals surface area contributed by atoms with Crippen molar-refractivity contribution in [2.24, 2.45) is 5.41 Å². The summed E-state index contributed by atoms with van der Waals surface area (Å²) in [5, 5.41) is 9.66. The third kappa shape index (κ3) is 2.99. The Kier molecular flexibility index (Phi) is 4.39. The number of rotatable bonds is 3. The number of carbonyl (C=O) groups excluding carboxylic acids is 2. The van der Waals surface area contributed by atoms with E-state index in [0.717, 1.165) is 22.1 Å². The lowest BCUT2D eigenvalue weighted by Crippen LogP contribution is -2.57. The van der Waals surface area contributed by atoms with E-state index in [-0.39, 0.29) is 29.6 Å². The number of nitrogens with zero attached hydrogens (tertiary/aromatic N) is 1. The third-order valence-electron chi connectivity index (χ3n) is 6.94. The highest BCUT2D eigenvalue weighted by Gasteiger charge is 2.55. The maximum Gasteiger partial charge on any atom is 0.234 e. The number of halogens is 1. The molecule has 3 aromatic carbocycles. The van der Waals surface area contributed by atoms with E-state index in [1.165, 1.54) is 17.4 Å². The van der Waals surface area contributed by atoms with Crippen molar-refractivity contribution in [1.82, 2.24) is 10.3 Å². The van der Waals surface area contributed by atoms with Crippen molar-refractivity contribution >= 4 is 39.1 Å². The Bertz CT molecular complexity index is 1450. The topological polar surface area (TPSA) is 71.1 Å². The normalized spacial score (nSPS) is 23.3. The summed E-state index contributed by atoms with van der Waals surface area (Å²) < 4.78 is 14.2. The van der Waals surface area contributed by atoms with Gasteiger partial charge in [0, 0.05) is 16.3 Å². The van der Waals surface area contributed by atoms with Crippen molar-refractivity contribution in [2.45, 2.75) is 25.3 Å². The minimum atomic E-state index is -0.790. The van der Waals surface area contributed by atoms with Gasteiger partial charge in [0.05, 0.1) is 23.1 Å². The van der Waals surface area contributed by atoms with E-state index in [1.54, 1.807) is 18.2 Å². The Morgan fingerprint density at radius 3 is 2.64 bits per heavy atom. The minimum absolute atomic E-state index is 0.0244. The number of carbonyl (C=O) groups is 2. The number of amides is 2. The Balaban J connectivity index is 1.30. The molecule has 1 saturated heterocycles. The second-order valence-corrected chi connectivity index (χ2v) is 9.74. The molecule has 1 fully saturated rings. The highest BCUT2D eigenvalue weighted by atomic mass is 32.1. The van der Waals surface area contributed by atoms with Crippen LogP contribution < -0.4 is 10.6 Å². The average Bonchev–Trinajstić information content (AvgIpc) is 3.29. The molecule has 33 heavy (non-hydrogen) atoms. The quantitative estimate of drug-likeness (QED) is 0.432. The zero-order valence-corrected chi connectivity index (χ0v) is 18.6. The number of fused-ring (bicyclic) bond motifs is 3.